The van der Waals surface area contributed by atoms with Crippen molar-refractivity contribution in [1.29, 1.82) is 0 Å². The Kier molecular flexibility index (Phi) is 5.65. The molecule has 21 heavy (non-hydrogen) atoms. The van der Waals surface area contributed by atoms with Crippen molar-refractivity contribution in [3.8, 4) is 0 Å². The lowest BCUT2D eigenvalue weighted by atomic mass is 9.86. The lowest BCUT2D eigenvalue weighted by molar-refractivity contribution is 0.323. The van der Waals surface area contributed by atoms with E-state index in [4.69, 9.17) is 0 Å². The van der Waals surface area contributed by atoms with E-state index in [0.29, 0.717) is 5.92 Å². The molecular formula is C16H26N2O2S. The van der Waals surface area contributed by atoms with Gasteiger partial charge >= 0.3 is 0 Å². The minimum absolute atomic E-state index is 0.116. The van der Waals surface area contributed by atoms with E-state index in [0.717, 1.165) is 37.9 Å². The smallest absolute Gasteiger partial charge is 0.214 e. The third kappa shape index (κ3) is 5.00. The summed E-state index contributed by atoms with van der Waals surface area (Å²) in [4.78, 5) is 0. The van der Waals surface area contributed by atoms with E-state index in [-0.39, 0.29) is 11.3 Å². The summed E-state index contributed by atoms with van der Waals surface area (Å²) in [5.41, 5.74) is 1.15. The summed E-state index contributed by atoms with van der Waals surface area (Å²) in [6, 6.07) is 10.3. The number of para-hydroxylation sites is 1. The van der Waals surface area contributed by atoms with Crippen molar-refractivity contribution in [3.63, 3.8) is 0 Å². The standard InChI is InChI=1S/C16H26N2O2S/c1-13(2)21(19,20)18-16-10-8-14(9-11-16)12-17-15-6-4-3-5-7-15/h3-7,13-14,16-18H,8-12H2,1-2H3/t14-,16-. The lowest BCUT2D eigenvalue weighted by Gasteiger charge is -2.29. The van der Waals surface area contributed by atoms with Crippen LogP contribution in [0.1, 0.15) is 39.5 Å². The van der Waals surface area contributed by atoms with Gasteiger partial charge in [0.2, 0.25) is 10.0 Å². The molecule has 0 amide bonds. The van der Waals surface area contributed by atoms with Crippen LogP contribution in [-0.4, -0.2) is 26.3 Å². The largest absolute Gasteiger partial charge is 0.385 e. The molecule has 1 aromatic rings. The molecule has 118 valence electrons. The maximum Gasteiger partial charge on any atom is 0.214 e. The van der Waals surface area contributed by atoms with Crippen molar-refractivity contribution in [2.75, 3.05) is 11.9 Å². The molecule has 0 unspecified atom stereocenters. The van der Waals surface area contributed by atoms with E-state index < -0.39 is 10.0 Å². The van der Waals surface area contributed by atoms with Gasteiger partial charge in [0.1, 0.15) is 0 Å². The maximum absolute atomic E-state index is 11.9. The highest BCUT2D eigenvalue weighted by atomic mass is 32.2. The number of rotatable bonds is 6. The van der Waals surface area contributed by atoms with Crippen molar-refractivity contribution in [2.45, 2.75) is 50.8 Å². The fourth-order valence-electron chi connectivity index (χ4n) is 2.67. The summed E-state index contributed by atoms with van der Waals surface area (Å²) in [5.74, 6) is 0.630. The van der Waals surface area contributed by atoms with Gasteiger partial charge in [-0.1, -0.05) is 18.2 Å². The number of hydrogen-bond acceptors (Lipinski definition) is 3. The second-order valence-electron chi connectivity index (χ2n) is 6.18. The van der Waals surface area contributed by atoms with Crippen LogP contribution in [0.4, 0.5) is 5.69 Å². The van der Waals surface area contributed by atoms with Gasteiger partial charge in [0.25, 0.3) is 0 Å². The van der Waals surface area contributed by atoms with E-state index in [1.165, 1.54) is 0 Å². The van der Waals surface area contributed by atoms with Crippen LogP contribution < -0.4 is 10.0 Å². The van der Waals surface area contributed by atoms with Crippen molar-refractivity contribution in [1.82, 2.24) is 4.72 Å². The van der Waals surface area contributed by atoms with E-state index >= 15 is 0 Å². The fraction of sp³-hybridized carbons (Fsp3) is 0.625. The Morgan fingerprint density at radius 1 is 1.10 bits per heavy atom. The van der Waals surface area contributed by atoms with Crippen LogP contribution in [0.15, 0.2) is 30.3 Å². The molecule has 4 nitrogen and oxygen atoms in total. The monoisotopic (exact) mass is 310 g/mol. The molecule has 1 saturated carbocycles. The van der Waals surface area contributed by atoms with Crippen LogP contribution >= 0.6 is 0 Å². The SMILES string of the molecule is CC(C)S(=O)(=O)N[C@H]1CC[C@H](CNc2ccccc2)CC1. The van der Waals surface area contributed by atoms with E-state index in [2.05, 4.69) is 22.2 Å². The molecule has 1 fully saturated rings. The van der Waals surface area contributed by atoms with Crippen LogP contribution in [-0.2, 0) is 10.0 Å². The molecule has 1 aliphatic carbocycles. The molecule has 2 N–H and O–H groups in total. The van der Waals surface area contributed by atoms with Crippen molar-refractivity contribution in [2.24, 2.45) is 5.92 Å². The molecule has 0 radical (unpaired) electrons. The van der Waals surface area contributed by atoms with Gasteiger partial charge in [-0.25, -0.2) is 13.1 Å². The Balaban J connectivity index is 1.74. The average Bonchev–Trinajstić information content (AvgIpc) is 2.47. The van der Waals surface area contributed by atoms with Crippen molar-refractivity contribution >= 4 is 15.7 Å². The number of sulfonamides is 1. The van der Waals surface area contributed by atoms with Gasteiger partial charge in [0, 0.05) is 18.3 Å². The zero-order valence-electron chi connectivity index (χ0n) is 12.9. The van der Waals surface area contributed by atoms with Gasteiger partial charge in [-0.05, 0) is 57.6 Å². The van der Waals surface area contributed by atoms with Crippen molar-refractivity contribution in [3.05, 3.63) is 30.3 Å². The van der Waals surface area contributed by atoms with Gasteiger partial charge < -0.3 is 5.32 Å². The first-order valence-electron chi connectivity index (χ1n) is 7.77. The van der Waals surface area contributed by atoms with Gasteiger partial charge in [-0.2, -0.15) is 0 Å². The minimum atomic E-state index is -3.14. The van der Waals surface area contributed by atoms with Crippen LogP contribution in [0.25, 0.3) is 0 Å². The quantitative estimate of drug-likeness (QED) is 0.849. The Bertz CT molecular complexity index is 520. The number of hydrogen-bond donors (Lipinski definition) is 2. The normalized spacial score (nSPS) is 23.2. The molecule has 0 bridgehead atoms. The Hall–Kier alpha value is -1.07. The predicted octanol–water partition coefficient (Wildman–Crippen LogP) is 2.99. The first kappa shape index (κ1) is 16.3. The molecule has 2 rings (SSSR count). The van der Waals surface area contributed by atoms with Gasteiger partial charge in [0.05, 0.1) is 5.25 Å². The number of nitrogens with one attached hydrogen (secondary N) is 2. The molecule has 0 saturated heterocycles. The first-order chi connectivity index (χ1) is 9.97. The molecular weight excluding hydrogens is 284 g/mol. The second kappa shape index (κ2) is 7.27. The summed E-state index contributed by atoms with van der Waals surface area (Å²) in [6.45, 7) is 4.41. The third-order valence-corrected chi connectivity index (χ3v) is 6.07. The molecule has 1 aliphatic rings. The van der Waals surface area contributed by atoms with Gasteiger partial charge in [-0.3, -0.25) is 0 Å². The van der Waals surface area contributed by atoms with Crippen LogP contribution in [0, 0.1) is 5.92 Å². The molecule has 0 aliphatic heterocycles. The highest BCUT2D eigenvalue weighted by Crippen LogP contribution is 2.25. The van der Waals surface area contributed by atoms with Gasteiger partial charge in [-0.15, -0.1) is 0 Å². The molecule has 0 spiro atoms. The molecule has 0 aromatic heterocycles. The van der Waals surface area contributed by atoms with Crippen LogP contribution in [0.3, 0.4) is 0 Å². The average molecular weight is 310 g/mol. The molecule has 0 heterocycles. The summed E-state index contributed by atoms with van der Waals surface area (Å²) >= 11 is 0. The summed E-state index contributed by atoms with van der Waals surface area (Å²) in [6.07, 6.45) is 4.02. The van der Waals surface area contributed by atoms with Gasteiger partial charge in [0.15, 0.2) is 0 Å². The predicted molar refractivity (Wildman–Crippen MR) is 87.9 cm³/mol. The van der Waals surface area contributed by atoms with E-state index in [9.17, 15) is 8.42 Å². The minimum Gasteiger partial charge on any atom is -0.385 e. The summed E-state index contributed by atoms with van der Waals surface area (Å²) in [5, 5.41) is 3.11. The highest BCUT2D eigenvalue weighted by Gasteiger charge is 2.26. The zero-order valence-corrected chi connectivity index (χ0v) is 13.7. The summed E-state index contributed by atoms with van der Waals surface area (Å²) in [7, 11) is -3.14. The van der Waals surface area contributed by atoms with Crippen LogP contribution in [0.5, 0.6) is 0 Å². The Morgan fingerprint density at radius 3 is 2.29 bits per heavy atom. The summed E-state index contributed by atoms with van der Waals surface area (Å²) < 4.78 is 26.6. The number of anilines is 1. The van der Waals surface area contributed by atoms with E-state index in [1.807, 2.05) is 18.2 Å². The Morgan fingerprint density at radius 2 is 1.71 bits per heavy atom. The fourth-order valence-corrected chi connectivity index (χ4v) is 3.64. The third-order valence-electron chi connectivity index (χ3n) is 4.17. The molecule has 5 heteroatoms. The lowest BCUT2D eigenvalue weighted by Crippen LogP contribution is -2.41. The highest BCUT2D eigenvalue weighted by molar-refractivity contribution is 7.90. The molecule has 1 aromatic carbocycles. The maximum atomic E-state index is 11.9. The topological polar surface area (TPSA) is 58.2 Å². The van der Waals surface area contributed by atoms with E-state index in [1.54, 1.807) is 13.8 Å². The second-order valence-corrected chi connectivity index (χ2v) is 8.44. The van der Waals surface area contributed by atoms with Crippen LogP contribution in [0.2, 0.25) is 0 Å². The zero-order chi connectivity index (χ0) is 15.3. The first-order valence-corrected chi connectivity index (χ1v) is 9.32. The Labute approximate surface area is 128 Å². The molecule has 0 atom stereocenters. The van der Waals surface area contributed by atoms with Crippen molar-refractivity contribution < 1.29 is 8.42 Å². The number of benzene rings is 1.